The van der Waals surface area contributed by atoms with E-state index in [9.17, 15) is 0 Å². The normalized spacial score (nSPS) is 14.2. The van der Waals surface area contributed by atoms with Crippen molar-refractivity contribution in [2.24, 2.45) is 4.99 Å². The summed E-state index contributed by atoms with van der Waals surface area (Å²) < 4.78 is 10.2. The molecule has 0 bridgehead atoms. The van der Waals surface area contributed by atoms with Gasteiger partial charge in [-0.1, -0.05) is 18.2 Å². The number of para-hydroxylation sites is 1. The first-order valence-electron chi connectivity index (χ1n) is 6.66. The summed E-state index contributed by atoms with van der Waals surface area (Å²) in [7, 11) is 0. The number of benzene rings is 1. The van der Waals surface area contributed by atoms with Crippen LogP contribution in [-0.2, 0) is 4.74 Å². The number of aromatic nitrogens is 1. The summed E-state index contributed by atoms with van der Waals surface area (Å²) in [5.74, 6) is 0.711. The van der Waals surface area contributed by atoms with E-state index in [2.05, 4.69) is 56.5 Å². The van der Waals surface area contributed by atoms with Gasteiger partial charge in [0.15, 0.2) is 0 Å². The zero-order valence-corrected chi connectivity index (χ0v) is 12.8. The summed E-state index contributed by atoms with van der Waals surface area (Å²) in [6.07, 6.45) is 0. The minimum atomic E-state index is 0.671. The van der Waals surface area contributed by atoms with Gasteiger partial charge in [-0.3, -0.25) is 0 Å². The lowest BCUT2D eigenvalue weighted by Crippen LogP contribution is -2.00. The van der Waals surface area contributed by atoms with Gasteiger partial charge >= 0.3 is 0 Å². The second kappa shape index (κ2) is 5.46. The Kier molecular flexibility index (Phi) is 3.33. The van der Waals surface area contributed by atoms with Crippen molar-refractivity contribution < 1.29 is 4.74 Å². The van der Waals surface area contributed by atoms with E-state index >= 15 is 0 Å². The number of fused-ring (bicyclic) bond motifs is 1. The Labute approximate surface area is 130 Å². The summed E-state index contributed by atoms with van der Waals surface area (Å²) in [6, 6.07) is 12.4. The predicted octanol–water partition coefficient (Wildman–Crippen LogP) is 4.13. The van der Waals surface area contributed by atoms with Crippen molar-refractivity contribution in [3.8, 4) is 0 Å². The highest BCUT2D eigenvalue weighted by atomic mass is 32.2. The topological polar surface area (TPSA) is 49.4 Å². The summed E-state index contributed by atoms with van der Waals surface area (Å²) >= 11 is 3.35. The fraction of sp³-hybridized carbons (Fsp3) is 0.133. The molecule has 0 unspecified atom stereocenters. The van der Waals surface area contributed by atoms with Crippen molar-refractivity contribution in [1.82, 2.24) is 4.98 Å². The molecule has 21 heavy (non-hydrogen) atoms. The van der Waals surface area contributed by atoms with Gasteiger partial charge in [0.05, 0.1) is 22.0 Å². The highest BCUT2D eigenvalue weighted by Gasteiger charge is 2.14. The molecule has 4 rings (SSSR count). The number of anilines is 1. The maximum absolute atomic E-state index is 5.52. The second-order valence-corrected chi connectivity index (χ2v) is 6.68. The van der Waals surface area contributed by atoms with Gasteiger partial charge in [-0.2, -0.15) is 0 Å². The molecule has 6 heteroatoms. The third-order valence-electron chi connectivity index (χ3n) is 3.23. The van der Waals surface area contributed by atoms with Crippen LogP contribution in [-0.4, -0.2) is 24.0 Å². The predicted molar refractivity (Wildman–Crippen MR) is 89.5 cm³/mol. The lowest BCUT2D eigenvalue weighted by atomic mass is 10.2. The fourth-order valence-electron chi connectivity index (χ4n) is 2.28. The van der Waals surface area contributed by atoms with Crippen LogP contribution in [0.5, 0.6) is 0 Å². The molecule has 1 aliphatic rings. The fourth-order valence-corrected chi connectivity index (χ4v) is 3.74. The number of hydrogen-bond donors (Lipinski definition) is 2. The van der Waals surface area contributed by atoms with Crippen LogP contribution in [0.1, 0.15) is 5.69 Å². The average Bonchev–Trinajstić information content (AvgIpc) is 3.23. The molecule has 2 N–H and O–H groups in total. The van der Waals surface area contributed by atoms with Gasteiger partial charge in [0.25, 0.3) is 0 Å². The van der Waals surface area contributed by atoms with Crippen molar-refractivity contribution in [3.05, 3.63) is 47.5 Å². The average molecular weight is 315 g/mol. The standard InChI is InChI=1S/C15H13N3OS2/c1-3-10-9-12(15-16-6-7-19-15)17-14(10)11(4-1)18-21-13-5-2-8-20-13/h1-5,8-9,17-18H,6-7H2. The summed E-state index contributed by atoms with van der Waals surface area (Å²) in [6.45, 7) is 1.41. The Morgan fingerprint density at radius 1 is 1.29 bits per heavy atom. The zero-order valence-electron chi connectivity index (χ0n) is 11.1. The first-order chi connectivity index (χ1) is 10.4. The van der Waals surface area contributed by atoms with Crippen LogP contribution in [0, 0.1) is 0 Å². The van der Waals surface area contributed by atoms with Crippen LogP contribution in [0.3, 0.4) is 0 Å². The molecule has 3 heterocycles. The number of hydrogen-bond acceptors (Lipinski definition) is 5. The van der Waals surface area contributed by atoms with Crippen molar-refractivity contribution in [3.63, 3.8) is 0 Å². The van der Waals surface area contributed by atoms with Crippen LogP contribution >= 0.6 is 23.3 Å². The molecule has 0 amide bonds. The van der Waals surface area contributed by atoms with Crippen LogP contribution in [0.25, 0.3) is 10.9 Å². The summed E-state index contributed by atoms with van der Waals surface area (Å²) in [5.41, 5.74) is 3.09. The Bertz CT molecular complexity index is 792. The van der Waals surface area contributed by atoms with Crippen LogP contribution < -0.4 is 4.72 Å². The van der Waals surface area contributed by atoms with E-state index in [1.54, 1.807) is 23.3 Å². The molecule has 4 nitrogen and oxygen atoms in total. The first-order valence-corrected chi connectivity index (χ1v) is 8.35. The molecule has 0 fully saturated rings. The smallest absolute Gasteiger partial charge is 0.233 e. The van der Waals surface area contributed by atoms with Gasteiger partial charge in [0.1, 0.15) is 12.3 Å². The van der Waals surface area contributed by atoms with Gasteiger partial charge in [-0.15, -0.1) is 11.3 Å². The van der Waals surface area contributed by atoms with E-state index in [1.165, 1.54) is 4.21 Å². The third-order valence-corrected chi connectivity index (χ3v) is 5.09. The van der Waals surface area contributed by atoms with Gasteiger partial charge in [0, 0.05) is 5.39 Å². The third kappa shape index (κ3) is 2.52. The largest absolute Gasteiger partial charge is 0.474 e. The SMILES string of the molecule is c1csc(SNc2cccc3cc(C4=NCCO4)[nH]c23)c1. The monoisotopic (exact) mass is 315 g/mol. The van der Waals surface area contributed by atoms with E-state index in [1.807, 2.05) is 0 Å². The number of rotatable bonds is 4. The number of ether oxygens (including phenoxy) is 1. The molecule has 0 saturated heterocycles. The quantitative estimate of drug-likeness (QED) is 0.712. The van der Waals surface area contributed by atoms with E-state index in [-0.39, 0.29) is 0 Å². The Morgan fingerprint density at radius 3 is 3.10 bits per heavy atom. The maximum atomic E-state index is 5.52. The zero-order chi connectivity index (χ0) is 14.1. The molecular formula is C15H13N3OS2. The van der Waals surface area contributed by atoms with E-state index in [4.69, 9.17) is 4.74 Å². The molecule has 0 radical (unpaired) electrons. The lowest BCUT2D eigenvalue weighted by Gasteiger charge is -2.05. The number of aliphatic imine (C=N–C) groups is 1. The summed E-state index contributed by atoms with van der Waals surface area (Å²) in [4.78, 5) is 7.76. The number of thiophene rings is 1. The van der Waals surface area contributed by atoms with Gasteiger partial charge in [0.2, 0.25) is 5.90 Å². The molecular weight excluding hydrogens is 302 g/mol. The van der Waals surface area contributed by atoms with Gasteiger partial charge in [-0.05, 0) is 35.5 Å². The van der Waals surface area contributed by atoms with Gasteiger partial charge < -0.3 is 14.4 Å². The molecule has 0 aliphatic carbocycles. The number of H-pyrrole nitrogens is 1. The van der Waals surface area contributed by atoms with Crippen molar-refractivity contribution in [1.29, 1.82) is 0 Å². The minimum Gasteiger partial charge on any atom is -0.474 e. The first kappa shape index (κ1) is 12.8. The molecule has 106 valence electrons. The van der Waals surface area contributed by atoms with Crippen LogP contribution in [0.15, 0.2) is 51.0 Å². The molecule has 1 aliphatic heterocycles. The van der Waals surface area contributed by atoms with Gasteiger partial charge in [-0.25, -0.2) is 4.99 Å². The minimum absolute atomic E-state index is 0.671. The Hall–Kier alpha value is -1.92. The van der Waals surface area contributed by atoms with E-state index in [0.717, 1.165) is 28.8 Å². The number of nitrogens with one attached hydrogen (secondary N) is 2. The molecule has 3 aromatic rings. The molecule has 1 aromatic carbocycles. The second-order valence-electron chi connectivity index (χ2n) is 4.62. The van der Waals surface area contributed by atoms with Crippen LogP contribution in [0.4, 0.5) is 5.69 Å². The Morgan fingerprint density at radius 2 is 2.29 bits per heavy atom. The molecule has 0 atom stereocenters. The molecule has 0 spiro atoms. The molecule has 2 aromatic heterocycles. The highest BCUT2D eigenvalue weighted by molar-refractivity contribution is 8.02. The number of aromatic amines is 1. The maximum Gasteiger partial charge on any atom is 0.233 e. The van der Waals surface area contributed by atoms with E-state index in [0.29, 0.717) is 12.5 Å². The summed E-state index contributed by atoms with van der Waals surface area (Å²) in [5, 5.41) is 3.23. The molecule has 0 saturated carbocycles. The van der Waals surface area contributed by atoms with Crippen molar-refractivity contribution in [2.75, 3.05) is 17.9 Å². The lowest BCUT2D eigenvalue weighted by molar-refractivity contribution is 0.347. The van der Waals surface area contributed by atoms with E-state index < -0.39 is 0 Å². The van der Waals surface area contributed by atoms with Crippen molar-refractivity contribution in [2.45, 2.75) is 4.21 Å². The van der Waals surface area contributed by atoms with Crippen molar-refractivity contribution >= 4 is 45.8 Å². The number of nitrogens with zero attached hydrogens (tertiary/aromatic N) is 1. The van der Waals surface area contributed by atoms with Crippen LogP contribution in [0.2, 0.25) is 0 Å². The highest BCUT2D eigenvalue weighted by Crippen LogP contribution is 2.30. The Balaban J connectivity index is 1.65.